The van der Waals surface area contributed by atoms with Gasteiger partial charge in [0.2, 0.25) is 11.8 Å². The van der Waals surface area contributed by atoms with Crippen LogP contribution in [0.3, 0.4) is 0 Å². The smallest absolute Gasteiger partial charge is 0.335 e. The topological polar surface area (TPSA) is 96.0 Å². The number of fused-ring (bicyclic) bond motifs is 1. The Balaban J connectivity index is 1.29. The van der Waals surface area contributed by atoms with Crippen LogP contribution in [0, 0.1) is 0 Å². The highest BCUT2D eigenvalue weighted by Crippen LogP contribution is 2.44. The standard InChI is InChI=1S/C33H29N3O5S3/c1-22(37)36(26-18-11-19-42-26)27-29(38)35-20-33(21-43-30(27)35,34-32(40)44-25-16-9-4-10-17-25)31(39)41-28(23-12-5-2-6-13-23)24-14-7-3-8-15-24/h2-19,27-28,30H,20-21H2,1H3,(H,34,40)/t27?,30-,33?/m1/s1. The maximum Gasteiger partial charge on any atom is 0.335 e. The molecule has 6 rings (SSSR count). The Kier molecular flexibility index (Phi) is 8.79. The molecule has 11 heteroatoms. The first kappa shape index (κ1) is 30.0. The summed E-state index contributed by atoms with van der Waals surface area (Å²) in [5.41, 5.74) is 0.0373. The first-order valence-corrected chi connectivity index (χ1v) is 16.7. The van der Waals surface area contributed by atoms with Crippen LogP contribution in [0.5, 0.6) is 0 Å². The number of carbonyl (C=O) groups excluding carboxylic acids is 4. The highest BCUT2D eigenvalue weighted by molar-refractivity contribution is 8.13. The van der Waals surface area contributed by atoms with Crippen molar-refractivity contribution in [2.24, 2.45) is 0 Å². The number of thiophene rings is 1. The fourth-order valence-electron chi connectivity index (χ4n) is 5.42. The molecule has 224 valence electrons. The second-order valence-corrected chi connectivity index (χ2v) is 13.5. The van der Waals surface area contributed by atoms with E-state index < -0.39 is 28.9 Å². The molecule has 0 bridgehead atoms. The SMILES string of the molecule is CC(=O)N(c1cccs1)C1C(=O)N2CC(NC(=O)Sc3ccccc3)(C(=O)OC(c3ccccc3)c3ccccc3)CS[C@H]12. The molecule has 2 fully saturated rings. The first-order valence-electron chi connectivity index (χ1n) is 14.0. The minimum absolute atomic E-state index is 0.0770. The van der Waals surface area contributed by atoms with Gasteiger partial charge < -0.3 is 15.0 Å². The number of β-lactam (4-membered cyclic amide) rings is 1. The van der Waals surface area contributed by atoms with Crippen LogP contribution < -0.4 is 10.2 Å². The average Bonchev–Trinajstić information content (AvgIpc) is 3.58. The first-order chi connectivity index (χ1) is 21.4. The van der Waals surface area contributed by atoms with Gasteiger partial charge in [0, 0.05) is 17.6 Å². The number of anilines is 1. The lowest BCUT2D eigenvalue weighted by Crippen LogP contribution is -2.78. The van der Waals surface area contributed by atoms with E-state index in [2.05, 4.69) is 5.32 Å². The highest BCUT2D eigenvalue weighted by atomic mass is 32.2. The number of hydrogen-bond acceptors (Lipinski definition) is 8. The summed E-state index contributed by atoms with van der Waals surface area (Å²) >= 11 is 3.72. The predicted molar refractivity (Wildman–Crippen MR) is 174 cm³/mol. The molecule has 3 atom stereocenters. The van der Waals surface area contributed by atoms with E-state index in [1.807, 2.05) is 109 Å². The number of carbonyl (C=O) groups is 4. The molecule has 0 radical (unpaired) electrons. The minimum atomic E-state index is -1.52. The number of nitrogens with one attached hydrogen (secondary N) is 1. The highest BCUT2D eigenvalue weighted by Gasteiger charge is 2.60. The van der Waals surface area contributed by atoms with Crippen molar-refractivity contribution in [3.63, 3.8) is 0 Å². The summed E-state index contributed by atoms with van der Waals surface area (Å²) in [7, 11) is 0. The van der Waals surface area contributed by atoms with Gasteiger partial charge in [0.1, 0.15) is 11.4 Å². The number of amides is 3. The number of thioether (sulfide) groups is 2. The molecule has 3 amide bonds. The molecule has 0 saturated carbocycles. The number of ether oxygens (including phenoxy) is 1. The van der Waals surface area contributed by atoms with Crippen LogP contribution in [0.4, 0.5) is 9.80 Å². The Morgan fingerprint density at radius 2 is 1.55 bits per heavy atom. The van der Waals surface area contributed by atoms with Gasteiger partial charge in [-0.3, -0.25) is 19.3 Å². The van der Waals surface area contributed by atoms with E-state index in [1.165, 1.54) is 34.9 Å². The molecule has 2 aliphatic heterocycles. The molecule has 0 aliphatic carbocycles. The third-order valence-electron chi connectivity index (χ3n) is 7.53. The van der Waals surface area contributed by atoms with Crippen molar-refractivity contribution < 1.29 is 23.9 Å². The maximum atomic E-state index is 14.3. The summed E-state index contributed by atoms with van der Waals surface area (Å²) in [5.74, 6) is -0.996. The molecule has 1 N–H and O–H groups in total. The fourth-order valence-corrected chi connectivity index (χ4v) is 8.50. The Morgan fingerprint density at radius 3 is 2.11 bits per heavy atom. The normalized spacial score (nSPS) is 20.8. The van der Waals surface area contributed by atoms with Crippen LogP contribution in [-0.2, 0) is 19.1 Å². The van der Waals surface area contributed by atoms with Crippen molar-refractivity contribution in [2.75, 3.05) is 17.2 Å². The van der Waals surface area contributed by atoms with Crippen LogP contribution in [0.15, 0.2) is 113 Å². The third-order valence-corrected chi connectivity index (χ3v) is 10.7. The molecule has 2 aliphatic rings. The van der Waals surface area contributed by atoms with Gasteiger partial charge in [-0.2, -0.15) is 0 Å². The van der Waals surface area contributed by atoms with E-state index in [4.69, 9.17) is 4.74 Å². The summed E-state index contributed by atoms with van der Waals surface area (Å²) < 4.78 is 6.25. The second kappa shape index (κ2) is 12.9. The lowest BCUT2D eigenvalue weighted by atomic mass is 9.95. The maximum absolute atomic E-state index is 14.3. The van der Waals surface area contributed by atoms with Crippen molar-refractivity contribution in [3.05, 3.63) is 120 Å². The third kappa shape index (κ3) is 5.99. The number of nitrogens with zero attached hydrogens (tertiary/aromatic N) is 2. The monoisotopic (exact) mass is 643 g/mol. The van der Waals surface area contributed by atoms with Gasteiger partial charge in [-0.15, -0.1) is 23.1 Å². The molecule has 4 aromatic rings. The molecule has 8 nitrogen and oxygen atoms in total. The van der Waals surface area contributed by atoms with Crippen LogP contribution in [-0.4, -0.2) is 57.2 Å². The lowest BCUT2D eigenvalue weighted by molar-refractivity contribution is -0.160. The molecular weight excluding hydrogens is 615 g/mol. The van der Waals surface area contributed by atoms with Crippen LogP contribution >= 0.6 is 34.9 Å². The molecule has 2 saturated heterocycles. The van der Waals surface area contributed by atoms with Gasteiger partial charge in [-0.1, -0.05) is 78.9 Å². The fraction of sp³-hybridized carbons (Fsp3) is 0.212. The zero-order valence-corrected chi connectivity index (χ0v) is 26.1. The zero-order valence-electron chi connectivity index (χ0n) is 23.7. The van der Waals surface area contributed by atoms with E-state index in [9.17, 15) is 19.2 Å². The van der Waals surface area contributed by atoms with Gasteiger partial charge in [0.25, 0.3) is 5.24 Å². The van der Waals surface area contributed by atoms with Gasteiger partial charge in [0.05, 0.1) is 11.5 Å². The van der Waals surface area contributed by atoms with E-state index in [0.717, 1.165) is 27.8 Å². The van der Waals surface area contributed by atoms with E-state index in [-0.39, 0.29) is 29.5 Å². The van der Waals surface area contributed by atoms with E-state index in [1.54, 1.807) is 4.90 Å². The largest absolute Gasteiger partial charge is 0.451 e. The van der Waals surface area contributed by atoms with Gasteiger partial charge in [-0.05, 0) is 52.5 Å². The van der Waals surface area contributed by atoms with Gasteiger partial charge >= 0.3 is 5.97 Å². The van der Waals surface area contributed by atoms with Crippen LogP contribution in [0.25, 0.3) is 0 Å². The van der Waals surface area contributed by atoms with Crippen molar-refractivity contribution in [3.8, 4) is 0 Å². The van der Waals surface area contributed by atoms with Crippen LogP contribution in [0.1, 0.15) is 24.2 Å². The Morgan fingerprint density at radius 1 is 0.932 bits per heavy atom. The predicted octanol–water partition coefficient (Wildman–Crippen LogP) is 5.96. The Labute approximate surface area is 267 Å². The number of benzene rings is 3. The molecule has 3 heterocycles. The summed E-state index contributed by atoms with van der Waals surface area (Å²) in [5, 5.41) is 4.69. The van der Waals surface area contributed by atoms with Crippen molar-refractivity contribution in [2.45, 2.75) is 34.9 Å². The van der Waals surface area contributed by atoms with E-state index >= 15 is 0 Å². The van der Waals surface area contributed by atoms with Crippen molar-refractivity contribution >= 4 is 62.9 Å². The van der Waals surface area contributed by atoms with E-state index in [0.29, 0.717) is 5.00 Å². The van der Waals surface area contributed by atoms with Crippen molar-refractivity contribution in [1.29, 1.82) is 0 Å². The average molecular weight is 644 g/mol. The summed E-state index contributed by atoms with van der Waals surface area (Å²) in [4.78, 5) is 57.8. The Hall–Kier alpha value is -4.06. The van der Waals surface area contributed by atoms with Crippen LogP contribution in [0.2, 0.25) is 0 Å². The zero-order chi connectivity index (χ0) is 30.7. The number of esters is 1. The summed E-state index contributed by atoms with van der Waals surface area (Å²) in [6.45, 7) is 1.37. The Bertz CT molecular complexity index is 1600. The van der Waals surface area contributed by atoms with Crippen molar-refractivity contribution in [1.82, 2.24) is 10.2 Å². The van der Waals surface area contributed by atoms with Gasteiger partial charge in [0.15, 0.2) is 11.6 Å². The molecular formula is C33H29N3O5S3. The quantitative estimate of drug-likeness (QED) is 0.144. The summed E-state index contributed by atoms with van der Waals surface area (Å²) in [6, 6.07) is 30.9. The summed E-state index contributed by atoms with van der Waals surface area (Å²) in [6.07, 6.45) is -0.727. The molecule has 44 heavy (non-hydrogen) atoms. The molecule has 1 aromatic heterocycles. The molecule has 3 aromatic carbocycles. The molecule has 2 unspecified atom stereocenters. The second-order valence-electron chi connectivity index (χ2n) is 10.5. The number of hydrogen-bond donors (Lipinski definition) is 1. The van der Waals surface area contributed by atoms with Gasteiger partial charge in [-0.25, -0.2) is 4.79 Å². The minimum Gasteiger partial charge on any atom is -0.451 e. The number of rotatable bonds is 8. The lowest BCUT2D eigenvalue weighted by Gasteiger charge is -2.56. The molecule has 0 spiro atoms.